The van der Waals surface area contributed by atoms with E-state index in [0.717, 1.165) is 42.8 Å². The van der Waals surface area contributed by atoms with Gasteiger partial charge in [-0.25, -0.2) is 8.91 Å². The Hall–Kier alpha value is -2.90. The minimum atomic E-state index is -0.693. The second kappa shape index (κ2) is 9.71. The third kappa shape index (κ3) is 4.49. The molecule has 1 aliphatic heterocycles. The van der Waals surface area contributed by atoms with Gasteiger partial charge in [-0.15, -0.1) is 0 Å². The van der Waals surface area contributed by atoms with Gasteiger partial charge in [0.15, 0.2) is 0 Å². The van der Waals surface area contributed by atoms with Gasteiger partial charge in [0.05, 0.1) is 22.6 Å². The van der Waals surface area contributed by atoms with Crippen LogP contribution < -0.4 is 20.9 Å². The zero-order chi connectivity index (χ0) is 22.7. The third-order valence-corrected chi connectivity index (χ3v) is 6.50. The Bertz CT molecular complexity index is 1080. The van der Waals surface area contributed by atoms with E-state index in [1.807, 2.05) is 42.9 Å². The van der Waals surface area contributed by atoms with Crippen LogP contribution in [0.2, 0.25) is 0 Å². The fraction of sp³-hybridized carbons (Fsp3) is 0.400. The zero-order valence-electron chi connectivity index (χ0n) is 19.0. The highest BCUT2D eigenvalue weighted by Gasteiger charge is 2.26. The van der Waals surface area contributed by atoms with E-state index in [0.29, 0.717) is 13.0 Å². The summed E-state index contributed by atoms with van der Waals surface area (Å²) in [6, 6.07) is 14.3. The summed E-state index contributed by atoms with van der Waals surface area (Å²) in [6.07, 6.45) is 4.89. The van der Waals surface area contributed by atoms with Crippen molar-refractivity contribution in [2.75, 3.05) is 23.9 Å². The van der Waals surface area contributed by atoms with E-state index in [2.05, 4.69) is 45.0 Å². The lowest BCUT2D eigenvalue weighted by molar-refractivity contribution is 0.188. The molecule has 7 heteroatoms. The first-order chi connectivity index (χ1) is 15.5. The van der Waals surface area contributed by atoms with Gasteiger partial charge in [-0.05, 0) is 48.7 Å². The summed E-state index contributed by atoms with van der Waals surface area (Å²) in [4.78, 5) is 4.18. The van der Waals surface area contributed by atoms with Crippen LogP contribution >= 0.6 is 0 Å². The highest BCUT2D eigenvalue weighted by atomic mass is 19.1. The summed E-state index contributed by atoms with van der Waals surface area (Å²) in [7, 11) is 4.05. The van der Waals surface area contributed by atoms with Crippen LogP contribution in [0, 0.1) is 0 Å². The molecule has 2 atom stereocenters. The number of nitrogens with one attached hydrogen (secondary N) is 1. The molecule has 1 saturated carbocycles. The Morgan fingerprint density at radius 2 is 1.88 bits per heavy atom. The molecule has 3 aromatic rings. The number of alkyl halides is 1. The Morgan fingerprint density at radius 1 is 1.09 bits per heavy atom. The Morgan fingerprint density at radius 3 is 2.66 bits per heavy atom. The summed E-state index contributed by atoms with van der Waals surface area (Å²) >= 11 is 0. The van der Waals surface area contributed by atoms with Gasteiger partial charge in [-0.2, -0.15) is 5.10 Å². The molecular formula is C25H33FN6. The monoisotopic (exact) mass is 436 g/mol. The number of rotatable bonds is 4. The van der Waals surface area contributed by atoms with Gasteiger partial charge in [-0.1, -0.05) is 31.6 Å². The molecule has 2 unspecified atom stereocenters. The van der Waals surface area contributed by atoms with E-state index in [4.69, 9.17) is 5.73 Å². The van der Waals surface area contributed by atoms with Crippen LogP contribution in [-0.4, -0.2) is 35.9 Å². The molecule has 32 heavy (non-hydrogen) atoms. The first-order valence-corrected chi connectivity index (χ1v) is 11.3. The number of aromatic nitrogens is 2. The predicted octanol–water partition coefficient (Wildman–Crippen LogP) is 4.21. The van der Waals surface area contributed by atoms with Gasteiger partial charge in [0.25, 0.3) is 0 Å². The van der Waals surface area contributed by atoms with Gasteiger partial charge in [0, 0.05) is 39.4 Å². The minimum absolute atomic E-state index is 0.0161. The largest absolute Gasteiger partial charge is 0.330 e. The molecule has 3 N–H and O–H groups in total. The molecule has 0 spiro atoms. The topological polar surface area (TPSA) is 61.8 Å². The first-order valence-electron chi connectivity index (χ1n) is 11.3. The van der Waals surface area contributed by atoms with Crippen molar-refractivity contribution in [2.45, 2.75) is 51.0 Å². The second-order valence-electron chi connectivity index (χ2n) is 8.53. The maximum atomic E-state index is 13.8. The van der Waals surface area contributed by atoms with Crippen LogP contribution in [0.1, 0.15) is 36.9 Å². The number of benzene rings is 1. The van der Waals surface area contributed by atoms with Crippen LogP contribution in [0.4, 0.5) is 15.8 Å². The molecule has 1 aliphatic carbocycles. The second-order valence-corrected chi connectivity index (χ2v) is 8.53. The molecule has 0 radical (unpaired) electrons. The van der Waals surface area contributed by atoms with Crippen molar-refractivity contribution in [2.24, 2.45) is 5.73 Å². The van der Waals surface area contributed by atoms with Crippen molar-refractivity contribution in [1.82, 2.24) is 14.9 Å². The van der Waals surface area contributed by atoms with E-state index in [1.54, 1.807) is 6.20 Å². The van der Waals surface area contributed by atoms with Gasteiger partial charge in [0.2, 0.25) is 0 Å². The lowest BCUT2D eigenvalue weighted by Gasteiger charge is -2.27. The van der Waals surface area contributed by atoms with Gasteiger partial charge >= 0.3 is 0 Å². The van der Waals surface area contributed by atoms with E-state index in [9.17, 15) is 4.39 Å². The van der Waals surface area contributed by atoms with Gasteiger partial charge in [0.1, 0.15) is 12.0 Å². The average molecular weight is 437 g/mol. The highest BCUT2D eigenvalue weighted by molar-refractivity contribution is 5.82. The summed E-state index contributed by atoms with van der Waals surface area (Å²) in [5.74, 6) is 0.978. The average Bonchev–Trinajstić information content (AvgIpc) is 3.38. The fourth-order valence-corrected chi connectivity index (χ4v) is 4.46. The van der Waals surface area contributed by atoms with Crippen LogP contribution in [0.15, 0.2) is 61.1 Å². The number of pyridine rings is 1. The third-order valence-electron chi connectivity index (χ3n) is 6.50. The molecule has 2 aliphatic rings. The smallest absolute Gasteiger partial charge is 0.115 e. The molecular weight excluding hydrogens is 403 g/mol. The molecule has 170 valence electrons. The molecule has 0 amide bonds. The van der Waals surface area contributed by atoms with Crippen LogP contribution in [-0.2, 0) is 13.1 Å². The quantitative estimate of drug-likeness (QED) is 0.642. The predicted molar refractivity (Wildman–Crippen MR) is 129 cm³/mol. The molecule has 5 rings (SSSR count). The van der Waals surface area contributed by atoms with E-state index >= 15 is 0 Å². The van der Waals surface area contributed by atoms with Crippen molar-refractivity contribution < 1.29 is 4.39 Å². The SMILES string of the molecule is C=C1N(C)c2ccc(CNC3CCCCC3F)cc2N1C.NCc1cccc2ccnn12. The molecule has 3 heterocycles. The normalized spacial score (nSPS) is 20.3. The van der Waals surface area contributed by atoms with Crippen molar-refractivity contribution in [3.63, 3.8) is 0 Å². The number of anilines is 2. The van der Waals surface area contributed by atoms with Gasteiger partial charge in [-0.3, -0.25) is 0 Å². The highest BCUT2D eigenvalue weighted by Crippen LogP contribution is 2.39. The van der Waals surface area contributed by atoms with E-state index < -0.39 is 6.17 Å². The number of fused-ring (bicyclic) bond motifs is 2. The number of nitrogens with two attached hydrogens (primary N) is 1. The number of nitrogens with zero attached hydrogens (tertiary/aromatic N) is 4. The number of hydrogen-bond acceptors (Lipinski definition) is 5. The lowest BCUT2D eigenvalue weighted by atomic mass is 9.93. The number of hydrogen-bond donors (Lipinski definition) is 2. The molecule has 1 aromatic carbocycles. The van der Waals surface area contributed by atoms with Crippen LogP contribution in [0.25, 0.3) is 5.52 Å². The van der Waals surface area contributed by atoms with Crippen molar-refractivity contribution >= 4 is 16.9 Å². The van der Waals surface area contributed by atoms with Crippen molar-refractivity contribution in [1.29, 1.82) is 0 Å². The summed E-state index contributed by atoms with van der Waals surface area (Å²) < 4.78 is 15.7. The summed E-state index contributed by atoms with van der Waals surface area (Å²) in [5, 5.41) is 7.51. The van der Waals surface area contributed by atoms with Gasteiger partial charge < -0.3 is 20.9 Å². The molecule has 0 saturated heterocycles. The maximum absolute atomic E-state index is 13.8. The van der Waals surface area contributed by atoms with Crippen molar-refractivity contribution in [3.05, 3.63) is 72.3 Å². The molecule has 2 aromatic heterocycles. The van der Waals surface area contributed by atoms with Crippen LogP contribution in [0.5, 0.6) is 0 Å². The standard InChI is InChI=1S/C17H24FN3.C8H9N3/c1-12-20(2)16-9-8-13(10-17(16)21(12)3)11-19-15-7-5-4-6-14(15)18;9-6-8-3-1-2-7-4-5-10-11(7)8/h8-10,14-15,19H,1,4-7,11H2,2-3H3;1-5H,6,9H2. The Balaban J connectivity index is 0.000000186. The zero-order valence-corrected chi connectivity index (χ0v) is 19.0. The molecule has 6 nitrogen and oxygen atoms in total. The molecule has 0 bridgehead atoms. The van der Waals surface area contributed by atoms with Crippen LogP contribution in [0.3, 0.4) is 0 Å². The number of halogens is 1. The Labute approximate surface area is 189 Å². The first kappa shape index (κ1) is 22.3. The lowest BCUT2D eigenvalue weighted by Crippen LogP contribution is -2.39. The maximum Gasteiger partial charge on any atom is 0.115 e. The van der Waals surface area contributed by atoms with Crippen molar-refractivity contribution in [3.8, 4) is 0 Å². The summed E-state index contributed by atoms with van der Waals surface area (Å²) in [5.41, 5.74) is 11.2. The minimum Gasteiger partial charge on any atom is -0.330 e. The fourth-order valence-electron chi connectivity index (χ4n) is 4.46. The summed E-state index contributed by atoms with van der Waals surface area (Å²) in [6.45, 7) is 5.33. The molecule has 1 fully saturated rings. The van der Waals surface area contributed by atoms with E-state index in [-0.39, 0.29) is 6.04 Å². The van der Waals surface area contributed by atoms with E-state index in [1.165, 1.54) is 16.9 Å². The Kier molecular flexibility index (Phi) is 6.77.